The molecule has 4 heteroatoms. The van der Waals surface area contributed by atoms with Crippen molar-refractivity contribution in [2.45, 2.75) is 6.04 Å². The summed E-state index contributed by atoms with van der Waals surface area (Å²) in [7, 11) is 0. The first kappa shape index (κ1) is 9.18. The van der Waals surface area contributed by atoms with E-state index >= 15 is 0 Å². The fourth-order valence-corrected chi connectivity index (χ4v) is 1.73. The number of benzene rings is 1. The molecule has 2 atom stereocenters. The Labute approximate surface area is 82.6 Å². The van der Waals surface area contributed by atoms with E-state index in [1.54, 1.807) is 6.21 Å². The van der Waals surface area contributed by atoms with Gasteiger partial charge in [-0.25, -0.2) is 5.43 Å². The summed E-state index contributed by atoms with van der Waals surface area (Å²) in [6.07, 6.45) is 1.56. The van der Waals surface area contributed by atoms with Crippen LogP contribution in [0.1, 0.15) is 11.6 Å². The molecule has 2 unspecified atom stereocenters. The van der Waals surface area contributed by atoms with Gasteiger partial charge in [-0.3, -0.25) is 5.43 Å². The maximum absolute atomic E-state index is 8.51. The lowest BCUT2D eigenvalue weighted by molar-refractivity contribution is 0.317. The number of hydrogen-bond donors (Lipinski definition) is 3. The zero-order valence-corrected chi connectivity index (χ0v) is 7.72. The molecule has 0 bridgehead atoms. The number of nitrogens with zero attached hydrogens (tertiary/aromatic N) is 1. The molecule has 0 amide bonds. The van der Waals surface area contributed by atoms with Crippen LogP contribution < -0.4 is 10.9 Å². The Bertz CT molecular complexity index is 312. The first-order valence-electron chi connectivity index (χ1n) is 4.62. The van der Waals surface area contributed by atoms with Crippen molar-refractivity contribution in [1.29, 1.82) is 0 Å². The number of hydrazine groups is 1. The molecule has 1 saturated heterocycles. The molecular weight excluding hydrogens is 178 g/mol. The normalized spacial score (nSPS) is 27.1. The minimum Gasteiger partial charge on any atom is -0.411 e. The van der Waals surface area contributed by atoms with Crippen molar-refractivity contribution in [3.8, 4) is 0 Å². The van der Waals surface area contributed by atoms with Gasteiger partial charge in [-0.2, -0.15) is 0 Å². The largest absolute Gasteiger partial charge is 0.411 e. The van der Waals surface area contributed by atoms with E-state index in [1.807, 2.05) is 18.2 Å². The maximum atomic E-state index is 8.51. The summed E-state index contributed by atoms with van der Waals surface area (Å²) in [5.41, 5.74) is 7.41. The zero-order valence-electron chi connectivity index (χ0n) is 7.72. The van der Waals surface area contributed by atoms with Crippen molar-refractivity contribution >= 4 is 6.21 Å². The predicted molar refractivity (Wildman–Crippen MR) is 54.1 cm³/mol. The van der Waals surface area contributed by atoms with E-state index in [2.05, 4.69) is 28.1 Å². The molecule has 74 valence electrons. The molecule has 1 aromatic carbocycles. The summed E-state index contributed by atoms with van der Waals surface area (Å²) < 4.78 is 0. The third-order valence-electron chi connectivity index (χ3n) is 2.44. The molecule has 0 spiro atoms. The Balaban J connectivity index is 2.18. The minimum absolute atomic E-state index is 0.187. The standard InChI is InChI=1S/C10H13N3O/c14-12-7-9-6-11-13-10(9)8-4-2-1-3-5-8/h1-5,7,9-11,13-14H,6H2/b12-7+. The second-order valence-electron chi connectivity index (χ2n) is 3.34. The highest BCUT2D eigenvalue weighted by Crippen LogP contribution is 2.22. The summed E-state index contributed by atoms with van der Waals surface area (Å²) in [6, 6.07) is 10.3. The Morgan fingerprint density at radius 1 is 1.36 bits per heavy atom. The molecule has 0 aromatic heterocycles. The molecule has 1 aromatic rings. The number of rotatable bonds is 2. The molecule has 0 aliphatic carbocycles. The Morgan fingerprint density at radius 2 is 2.14 bits per heavy atom. The van der Waals surface area contributed by atoms with Crippen molar-refractivity contribution in [2.75, 3.05) is 6.54 Å². The number of hydrogen-bond acceptors (Lipinski definition) is 4. The highest BCUT2D eigenvalue weighted by Gasteiger charge is 2.26. The van der Waals surface area contributed by atoms with E-state index < -0.39 is 0 Å². The fourth-order valence-electron chi connectivity index (χ4n) is 1.73. The molecule has 1 fully saturated rings. The van der Waals surface area contributed by atoms with E-state index in [0.717, 1.165) is 6.54 Å². The molecular formula is C10H13N3O. The van der Waals surface area contributed by atoms with Crippen LogP contribution in [0.4, 0.5) is 0 Å². The van der Waals surface area contributed by atoms with Gasteiger partial charge in [0.25, 0.3) is 0 Å². The lowest BCUT2D eigenvalue weighted by atomic mass is 9.96. The van der Waals surface area contributed by atoms with E-state index in [4.69, 9.17) is 5.21 Å². The van der Waals surface area contributed by atoms with Gasteiger partial charge in [0.05, 0.1) is 6.04 Å². The zero-order chi connectivity index (χ0) is 9.80. The summed E-state index contributed by atoms with van der Waals surface area (Å²) in [5.74, 6) is 0.197. The molecule has 1 aliphatic heterocycles. The third-order valence-corrected chi connectivity index (χ3v) is 2.44. The summed E-state index contributed by atoms with van der Waals surface area (Å²) in [6.45, 7) is 0.781. The van der Waals surface area contributed by atoms with Crippen LogP contribution in [-0.4, -0.2) is 18.0 Å². The van der Waals surface area contributed by atoms with Crippen molar-refractivity contribution < 1.29 is 5.21 Å². The molecule has 1 heterocycles. The highest BCUT2D eigenvalue weighted by atomic mass is 16.4. The Morgan fingerprint density at radius 3 is 2.86 bits per heavy atom. The fraction of sp³-hybridized carbons (Fsp3) is 0.300. The van der Waals surface area contributed by atoms with Crippen LogP contribution in [0, 0.1) is 5.92 Å². The number of nitrogens with one attached hydrogen (secondary N) is 2. The van der Waals surface area contributed by atoms with Crippen LogP contribution >= 0.6 is 0 Å². The van der Waals surface area contributed by atoms with Crippen molar-refractivity contribution in [3.05, 3.63) is 35.9 Å². The van der Waals surface area contributed by atoms with Crippen molar-refractivity contribution in [1.82, 2.24) is 10.9 Å². The second-order valence-corrected chi connectivity index (χ2v) is 3.34. The molecule has 0 radical (unpaired) electrons. The molecule has 14 heavy (non-hydrogen) atoms. The molecule has 3 N–H and O–H groups in total. The first-order valence-corrected chi connectivity index (χ1v) is 4.62. The Hall–Kier alpha value is -1.39. The predicted octanol–water partition coefficient (Wildman–Crippen LogP) is 0.912. The smallest absolute Gasteiger partial charge is 0.0554 e. The molecule has 2 rings (SSSR count). The van der Waals surface area contributed by atoms with Crippen LogP contribution in [0.2, 0.25) is 0 Å². The van der Waals surface area contributed by atoms with Crippen LogP contribution in [0.25, 0.3) is 0 Å². The number of oxime groups is 1. The lowest BCUT2D eigenvalue weighted by Crippen LogP contribution is -2.25. The summed E-state index contributed by atoms with van der Waals surface area (Å²) >= 11 is 0. The average molecular weight is 191 g/mol. The van der Waals surface area contributed by atoms with Gasteiger partial charge in [-0.15, -0.1) is 5.16 Å². The van der Waals surface area contributed by atoms with Gasteiger partial charge in [0.2, 0.25) is 0 Å². The van der Waals surface area contributed by atoms with Crippen LogP contribution in [-0.2, 0) is 0 Å². The van der Waals surface area contributed by atoms with Crippen molar-refractivity contribution in [2.24, 2.45) is 11.1 Å². The van der Waals surface area contributed by atoms with E-state index in [1.165, 1.54) is 5.56 Å². The van der Waals surface area contributed by atoms with Crippen molar-refractivity contribution in [3.63, 3.8) is 0 Å². The van der Waals surface area contributed by atoms with Crippen LogP contribution in [0.5, 0.6) is 0 Å². The van der Waals surface area contributed by atoms with E-state index in [-0.39, 0.29) is 12.0 Å². The SMILES string of the molecule is O/N=C/C1CNNC1c1ccccc1. The van der Waals surface area contributed by atoms with Gasteiger partial charge in [0, 0.05) is 18.7 Å². The maximum Gasteiger partial charge on any atom is 0.0554 e. The van der Waals surface area contributed by atoms with Crippen LogP contribution in [0.3, 0.4) is 0 Å². The second kappa shape index (κ2) is 4.21. The van der Waals surface area contributed by atoms with Crippen LogP contribution in [0.15, 0.2) is 35.5 Å². The lowest BCUT2D eigenvalue weighted by Gasteiger charge is -2.14. The average Bonchev–Trinajstić information content (AvgIpc) is 2.68. The quantitative estimate of drug-likeness (QED) is 0.370. The monoisotopic (exact) mass is 191 g/mol. The third kappa shape index (κ3) is 1.76. The highest BCUT2D eigenvalue weighted by molar-refractivity contribution is 5.62. The molecule has 4 nitrogen and oxygen atoms in total. The summed E-state index contributed by atoms with van der Waals surface area (Å²) in [5, 5.41) is 11.6. The van der Waals surface area contributed by atoms with Gasteiger partial charge in [-0.05, 0) is 5.56 Å². The molecule has 1 aliphatic rings. The van der Waals surface area contributed by atoms with E-state index in [9.17, 15) is 0 Å². The topological polar surface area (TPSA) is 56.7 Å². The van der Waals surface area contributed by atoms with Gasteiger partial charge in [0.15, 0.2) is 0 Å². The summed E-state index contributed by atoms with van der Waals surface area (Å²) in [4.78, 5) is 0. The molecule has 0 saturated carbocycles. The van der Waals surface area contributed by atoms with Gasteiger partial charge >= 0.3 is 0 Å². The van der Waals surface area contributed by atoms with Gasteiger partial charge in [-0.1, -0.05) is 30.3 Å². The first-order chi connectivity index (χ1) is 6.92. The van der Waals surface area contributed by atoms with E-state index in [0.29, 0.717) is 0 Å². The van der Waals surface area contributed by atoms with Gasteiger partial charge < -0.3 is 5.21 Å². The minimum atomic E-state index is 0.187. The van der Waals surface area contributed by atoms with Gasteiger partial charge in [0.1, 0.15) is 0 Å². The Kier molecular flexibility index (Phi) is 2.76.